The maximum atomic E-state index is 12.5. The van der Waals surface area contributed by atoms with Crippen molar-refractivity contribution >= 4 is 5.78 Å². The fourth-order valence-corrected chi connectivity index (χ4v) is 2.68. The Balaban J connectivity index is 2.05. The number of phenolic OH excluding ortho intramolecular Hbond substituents is 2. The lowest BCUT2D eigenvalue weighted by Gasteiger charge is -2.30. The molecule has 0 amide bonds. The van der Waals surface area contributed by atoms with E-state index in [9.17, 15) is 20.1 Å². The fourth-order valence-electron chi connectivity index (χ4n) is 2.68. The molecule has 0 aromatic heterocycles. The van der Waals surface area contributed by atoms with Crippen LogP contribution in [0, 0.1) is 0 Å². The summed E-state index contributed by atoms with van der Waals surface area (Å²) < 4.78 is 15.6. The van der Waals surface area contributed by atoms with Crippen LogP contribution in [0.1, 0.15) is 22.0 Å². The minimum absolute atomic E-state index is 0.0260. The molecule has 0 aliphatic carbocycles. The standard InChI is InChI=1S/C17H16O7/c1-22-9-5-3-8(4-6-9)16-15(21)13(19)12-11(24-16)7-10(18)17(23-2)14(12)20/h3-7,15-16,18,20-21H,1-2H3/t15-,16-/m0/s1. The van der Waals surface area contributed by atoms with E-state index in [-0.39, 0.29) is 22.8 Å². The molecule has 2 aromatic rings. The highest BCUT2D eigenvalue weighted by molar-refractivity contribution is 6.06. The molecule has 0 spiro atoms. The molecule has 7 nitrogen and oxygen atoms in total. The van der Waals surface area contributed by atoms with Crippen LogP contribution in [0.25, 0.3) is 0 Å². The number of carbonyl (C=O) groups is 1. The van der Waals surface area contributed by atoms with Crippen molar-refractivity contribution in [2.75, 3.05) is 14.2 Å². The lowest BCUT2D eigenvalue weighted by Crippen LogP contribution is -2.36. The van der Waals surface area contributed by atoms with E-state index in [0.717, 1.165) is 0 Å². The summed E-state index contributed by atoms with van der Waals surface area (Å²) in [5, 5.41) is 30.3. The van der Waals surface area contributed by atoms with Crippen LogP contribution in [0.3, 0.4) is 0 Å². The first kappa shape index (κ1) is 15.9. The number of carbonyl (C=O) groups excluding carboxylic acids is 1. The van der Waals surface area contributed by atoms with Crippen LogP contribution in [0.5, 0.6) is 28.7 Å². The van der Waals surface area contributed by atoms with Crippen LogP contribution in [0.2, 0.25) is 0 Å². The second-order valence-electron chi connectivity index (χ2n) is 5.27. The van der Waals surface area contributed by atoms with Gasteiger partial charge in [-0.2, -0.15) is 0 Å². The van der Waals surface area contributed by atoms with Gasteiger partial charge >= 0.3 is 0 Å². The zero-order valence-corrected chi connectivity index (χ0v) is 13.0. The van der Waals surface area contributed by atoms with Crippen molar-refractivity contribution in [2.45, 2.75) is 12.2 Å². The lowest BCUT2D eigenvalue weighted by molar-refractivity contribution is 0.0209. The first-order valence-corrected chi connectivity index (χ1v) is 7.13. The highest BCUT2D eigenvalue weighted by Gasteiger charge is 2.40. The number of ether oxygens (including phenoxy) is 3. The van der Waals surface area contributed by atoms with E-state index in [1.54, 1.807) is 24.3 Å². The number of hydrogen-bond donors (Lipinski definition) is 3. The highest BCUT2D eigenvalue weighted by atomic mass is 16.5. The van der Waals surface area contributed by atoms with Crippen molar-refractivity contribution < 1.29 is 34.3 Å². The van der Waals surface area contributed by atoms with Gasteiger partial charge < -0.3 is 29.5 Å². The van der Waals surface area contributed by atoms with Gasteiger partial charge in [0.2, 0.25) is 11.5 Å². The van der Waals surface area contributed by atoms with E-state index >= 15 is 0 Å². The maximum Gasteiger partial charge on any atom is 0.203 e. The predicted molar refractivity (Wildman–Crippen MR) is 83.0 cm³/mol. The summed E-state index contributed by atoms with van der Waals surface area (Å²) in [5.74, 6) is -1.30. The average Bonchev–Trinajstić information content (AvgIpc) is 2.58. The molecule has 1 aliphatic rings. The molecule has 2 aromatic carbocycles. The Kier molecular flexibility index (Phi) is 3.94. The van der Waals surface area contributed by atoms with E-state index in [4.69, 9.17) is 14.2 Å². The van der Waals surface area contributed by atoms with E-state index in [1.807, 2.05) is 0 Å². The number of ketones is 1. The summed E-state index contributed by atoms with van der Waals surface area (Å²) in [5.41, 5.74) is 0.332. The Morgan fingerprint density at radius 2 is 1.75 bits per heavy atom. The molecule has 0 unspecified atom stereocenters. The van der Waals surface area contributed by atoms with Crippen molar-refractivity contribution in [3.63, 3.8) is 0 Å². The normalized spacial score (nSPS) is 19.4. The minimum atomic E-state index is -1.51. The fraction of sp³-hybridized carbons (Fsp3) is 0.235. The number of phenols is 2. The minimum Gasteiger partial charge on any atom is -0.504 e. The molecular weight excluding hydrogens is 316 g/mol. The van der Waals surface area contributed by atoms with Crippen molar-refractivity contribution in [1.82, 2.24) is 0 Å². The SMILES string of the molecule is COc1ccc([C@@H]2Oc3cc(O)c(OC)c(O)c3C(=O)[C@@H]2O)cc1. The van der Waals surface area contributed by atoms with E-state index < -0.39 is 23.7 Å². The summed E-state index contributed by atoms with van der Waals surface area (Å²) in [6, 6.07) is 7.85. The Morgan fingerprint density at radius 3 is 2.33 bits per heavy atom. The molecule has 0 saturated heterocycles. The van der Waals surface area contributed by atoms with Crippen LogP contribution >= 0.6 is 0 Å². The van der Waals surface area contributed by atoms with Crippen LogP contribution in [-0.2, 0) is 0 Å². The zero-order chi connectivity index (χ0) is 17.4. The van der Waals surface area contributed by atoms with E-state index in [1.165, 1.54) is 20.3 Å². The summed E-state index contributed by atoms with van der Waals surface area (Å²) in [4.78, 5) is 12.5. The molecule has 3 rings (SSSR count). The van der Waals surface area contributed by atoms with Crippen molar-refractivity contribution in [3.8, 4) is 28.7 Å². The number of aliphatic hydroxyl groups excluding tert-OH is 1. The molecule has 24 heavy (non-hydrogen) atoms. The number of rotatable bonds is 3. The highest BCUT2D eigenvalue weighted by Crippen LogP contribution is 2.48. The number of hydrogen-bond acceptors (Lipinski definition) is 7. The van der Waals surface area contributed by atoms with Gasteiger partial charge in [0.05, 0.1) is 14.2 Å². The Bertz CT molecular complexity index is 783. The third kappa shape index (κ3) is 2.39. The van der Waals surface area contributed by atoms with Gasteiger partial charge in [0.25, 0.3) is 0 Å². The second kappa shape index (κ2) is 5.93. The number of aromatic hydroxyl groups is 2. The van der Waals surface area contributed by atoms with E-state index in [2.05, 4.69) is 0 Å². The summed E-state index contributed by atoms with van der Waals surface area (Å²) in [6.07, 6.45) is -2.48. The molecule has 7 heteroatoms. The van der Waals surface area contributed by atoms with Crippen molar-refractivity contribution in [2.24, 2.45) is 0 Å². The van der Waals surface area contributed by atoms with Gasteiger partial charge in [-0.25, -0.2) is 0 Å². The smallest absolute Gasteiger partial charge is 0.203 e. The number of Topliss-reactive ketones (excluding diaryl/α,β-unsaturated/α-hetero) is 1. The number of benzene rings is 2. The van der Waals surface area contributed by atoms with Gasteiger partial charge in [-0.1, -0.05) is 12.1 Å². The molecule has 0 bridgehead atoms. The molecule has 3 N–H and O–H groups in total. The molecule has 1 aliphatic heterocycles. The Morgan fingerprint density at radius 1 is 1.08 bits per heavy atom. The molecule has 0 saturated carbocycles. The van der Waals surface area contributed by atoms with Gasteiger partial charge in [0.15, 0.2) is 23.7 Å². The van der Waals surface area contributed by atoms with Crippen LogP contribution < -0.4 is 14.2 Å². The first-order valence-electron chi connectivity index (χ1n) is 7.13. The third-order valence-corrected chi connectivity index (χ3v) is 3.90. The van der Waals surface area contributed by atoms with Crippen LogP contribution in [0.15, 0.2) is 30.3 Å². The summed E-state index contributed by atoms with van der Waals surface area (Å²) >= 11 is 0. The molecule has 0 radical (unpaired) electrons. The average molecular weight is 332 g/mol. The second-order valence-corrected chi connectivity index (χ2v) is 5.27. The molecule has 2 atom stereocenters. The number of methoxy groups -OCH3 is 2. The Labute approximate surface area is 137 Å². The third-order valence-electron chi connectivity index (χ3n) is 3.90. The van der Waals surface area contributed by atoms with Gasteiger partial charge in [0.1, 0.15) is 17.1 Å². The van der Waals surface area contributed by atoms with Gasteiger partial charge in [0, 0.05) is 6.07 Å². The monoisotopic (exact) mass is 332 g/mol. The number of aliphatic hydroxyl groups is 1. The predicted octanol–water partition coefficient (Wildman–Crippen LogP) is 1.79. The zero-order valence-electron chi connectivity index (χ0n) is 13.0. The Hall–Kier alpha value is -2.93. The van der Waals surface area contributed by atoms with E-state index in [0.29, 0.717) is 11.3 Å². The van der Waals surface area contributed by atoms with Crippen molar-refractivity contribution in [1.29, 1.82) is 0 Å². The molecule has 126 valence electrons. The molecule has 0 fully saturated rings. The largest absolute Gasteiger partial charge is 0.504 e. The summed E-state index contributed by atoms with van der Waals surface area (Å²) in [7, 11) is 2.77. The van der Waals surface area contributed by atoms with Gasteiger partial charge in [-0.05, 0) is 17.7 Å². The van der Waals surface area contributed by atoms with Gasteiger partial charge in [-0.3, -0.25) is 4.79 Å². The topological polar surface area (TPSA) is 105 Å². The van der Waals surface area contributed by atoms with Crippen molar-refractivity contribution in [3.05, 3.63) is 41.5 Å². The maximum absolute atomic E-state index is 12.5. The number of fused-ring (bicyclic) bond motifs is 1. The quantitative estimate of drug-likeness (QED) is 0.787. The van der Waals surface area contributed by atoms with Crippen LogP contribution in [0.4, 0.5) is 0 Å². The van der Waals surface area contributed by atoms with Gasteiger partial charge in [-0.15, -0.1) is 0 Å². The lowest BCUT2D eigenvalue weighted by atomic mass is 9.92. The summed E-state index contributed by atoms with van der Waals surface area (Å²) in [6.45, 7) is 0. The molecular formula is C17H16O7. The van der Waals surface area contributed by atoms with Crippen LogP contribution in [-0.4, -0.2) is 41.4 Å². The first-order chi connectivity index (χ1) is 11.5. The molecule has 1 heterocycles.